The van der Waals surface area contributed by atoms with Crippen molar-refractivity contribution in [3.8, 4) is 0 Å². The lowest BCUT2D eigenvalue weighted by Crippen LogP contribution is -2.62. The molecular weight excluding hydrogens is 849 g/mol. The van der Waals surface area contributed by atoms with Crippen LogP contribution in [0.1, 0.15) is 98.8 Å². The van der Waals surface area contributed by atoms with E-state index in [1.165, 1.54) is 6.92 Å². The van der Waals surface area contributed by atoms with E-state index >= 15 is 0 Å². The Morgan fingerprint density at radius 2 is 1.02 bits per heavy atom. The Hall–Kier alpha value is -4.62. The number of aliphatic carboxylic acids is 2. The maximum atomic E-state index is 13.8. The van der Waals surface area contributed by atoms with Crippen LogP contribution in [0.4, 0.5) is 0 Å². The summed E-state index contributed by atoms with van der Waals surface area (Å²) in [6, 6.07) is -11.2. The Bertz CT molecular complexity index is 1510. The number of carbonyl (C=O) groups is 9. The van der Waals surface area contributed by atoms with Gasteiger partial charge in [-0.05, 0) is 76.8 Å². The Balaban J connectivity index is 6.38. The van der Waals surface area contributed by atoms with Crippen molar-refractivity contribution < 1.29 is 63.6 Å². The highest BCUT2D eigenvalue weighted by Crippen LogP contribution is 2.13. The van der Waals surface area contributed by atoms with Gasteiger partial charge in [0.05, 0.1) is 18.8 Å². The number of amides is 7. The average Bonchev–Trinajstić information content (AvgIpc) is 3.22. The number of carboxylic acid groups (broad SMARTS) is 2. The molecule has 0 bridgehead atoms. The van der Waals surface area contributed by atoms with E-state index in [1.54, 1.807) is 27.7 Å². The van der Waals surface area contributed by atoms with Crippen molar-refractivity contribution in [3.05, 3.63) is 0 Å². The molecule has 0 spiro atoms. The van der Waals surface area contributed by atoms with Crippen LogP contribution < -0.4 is 54.4 Å². The summed E-state index contributed by atoms with van der Waals surface area (Å²) in [5.41, 5.74) is 17.2. The number of thiol groups is 1. The van der Waals surface area contributed by atoms with Gasteiger partial charge in [-0.1, -0.05) is 40.5 Å². The van der Waals surface area contributed by atoms with Crippen LogP contribution in [0.15, 0.2) is 0 Å². The van der Waals surface area contributed by atoms with E-state index in [1.807, 2.05) is 0 Å². The Morgan fingerprint density at radius 3 is 1.51 bits per heavy atom. The minimum absolute atomic E-state index is 0.00244. The van der Waals surface area contributed by atoms with Crippen molar-refractivity contribution in [1.82, 2.24) is 37.2 Å². The monoisotopic (exact) mass is 921 g/mol. The first kappa shape index (κ1) is 58.4. The normalized spacial score (nSPS) is 16.0. The summed E-state index contributed by atoms with van der Waals surface area (Å²) in [6.45, 7) is 7.79. The quantitative estimate of drug-likeness (QED) is 0.0223. The molecule has 0 aliphatic carbocycles. The minimum atomic E-state index is -1.76. The number of aliphatic hydroxyl groups excluding tert-OH is 2. The molecule has 0 saturated carbocycles. The molecule has 17 N–H and O–H groups in total. The number of nitrogens with one attached hydrogen (secondary N) is 7. The van der Waals surface area contributed by atoms with E-state index in [-0.39, 0.29) is 24.5 Å². The van der Waals surface area contributed by atoms with Crippen LogP contribution in [0.5, 0.6) is 0 Å². The Morgan fingerprint density at radius 1 is 0.571 bits per heavy atom. The van der Waals surface area contributed by atoms with E-state index in [0.717, 1.165) is 0 Å². The average molecular weight is 921 g/mol. The van der Waals surface area contributed by atoms with Gasteiger partial charge in [-0.3, -0.25) is 38.4 Å². The molecule has 0 aromatic rings. The lowest BCUT2D eigenvalue weighted by atomic mass is 9.96. The summed E-state index contributed by atoms with van der Waals surface area (Å²) in [7, 11) is 0. The molecule has 0 aliphatic heterocycles. The maximum absolute atomic E-state index is 13.8. The number of carboxylic acids is 2. The number of aliphatic hydroxyl groups is 2. The summed E-state index contributed by atoms with van der Waals surface area (Å²) >= 11 is 4.07. The van der Waals surface area contributed by atoms with Gasteiger partial charge in [0.25, 0.3) is 0 Å². The lowest BCUT2D eigenvalue weighted by molar-refractivity contribution is -0.143. The van der Waals surface area contributed by atoms with Gasteiger partial charge < -0.3 is 74.8 Å². The van der Waals surface area contributed by atoms with Crippen LogP contribution in [0.2, 0.25) is 0 Å². The molecular formula is C39H72N10O13S. The van der Waals surface area contributed by atoms with Crippen molar-refractivity contribution in [3.63, 3.8) is 0 Å². The summed E-state index contributed by atoms with van der Waals surface area (Å²) in [4.78, 5) is 117. The summed E-state index contributed by atoms with van der Waals surface area (Å²) in [5.74, 6) is -10.1. The molecule has 0 heterocycles. The van der Waals surface area contributed by atoms with Gasteiger partial charge in [-0.15, -0.1) is 0 Å². The van der Waals surface area contributed by atoms with Gasteiger partial charge in [-0.25, -0.2) is 4.79 Å². The number of hydrogen-bond acceptors (Lipinski definition) is 15. The van der Waals surface area contributed by atoms with Crippen LogP contribution >= 0.6 is 12.6 Å². The van der Waals surface area contributed by atoms with E-state index in [4.69, 9.17) is 17.2 Å². The molecule has 63 heavy (non-hydrogen) atoms. The SMILES string of the molecule is CC[C@H](C)[C@H](NC(=O)[C@H](CC(C)C)NC(=O)[C@@H](NC(=O)[C@H](CCC(=O)O)NC(=O)[C@H](CCCCN)NC(=O)[C@@H](N)CCCCN)[C@@H](C)O)C(=O)N[C@@H](CS)C(=O)N[C@@H](CO)C(=O)O. The van der Waals surface area contributed by atoms with Crippen LogP contribution in [-0.4, -0.2) is 154 Å². The number of nitrogens with two attached hydrogens (primary N) is 3. The Kier molecular flexibility index (Phi) is 29.0. The molecule has 0 unspecified atom stereocenters. The van der Waals surface area contributed by atoms with E-state index in [2.05, 4.69) is 49.8 Å². The van der Waals surface area contributed by atoms with Crippen molar-refractivity contribution in [2.75, 3.05) is 25.4 Å². The fourth-order valence-electron chi connectivity index (χ4n) is 5.98. The third kappa shape index (κ3) is 22.5. The first-order valence-electron chi connectivity index (χ1n) is 21.2. The first-order valence-corrected chi connectivity index (χ1v) is 21.8. The third-order valence-corrected chi connectivity index (χ3v) is 10.3. The molecule has 10 atom stereocenters. The zero-order valence-corrected chi connectivity index (χ0v) is 37.8. The van der Waals surface area contributed by atoms with Crippen molar-refractivity contribution in [2.45, 2.75) is 153 Å². The zero-order chi connectivity index (χ0) is 48.4. The highest BCUT2D eigenvalue weighted by molar-refractivity contribution is 7.80. The fraction of sp³-hybridized carbons (Fsp3) is 0.769. The van der Waals surface area contributed by atoms with Gasteiger partial charge in [0, 0.05) is 12.2 Å². The van der Waals surface area contributed by atoms with Crippen LogP contribution in [0, 0.1) is 11.8 Å². The van der Waals surface area contributed by atoms with Gasteiger partial charge in [0.15, 0.2) is 0 Å². The van der Waals surface area contributed by atoms with E-state index < -0.39 is 133 Å². The number of unbranched alkanes of at least 4 members (excludes halogenated alkanes) is 2. The number of carbonyl (C=O) groups excluding carboxylic acids is 7. The predicted molar refractivity (Wildman–Crippen MR) is 233 cm³/mol. The largest absolute Gasteiger partial charge is 0.481 e. The second-order valence-electron chi connectivity index (χ2n) is 15.8. The molecule has 0 fully saturated rings. The minimum Gasteiger partial charge on any atom is -0.481 e. The second kappa shape index (κ2) is 31.3. The van der Waals surface area contributed by atoms with Crippen LogP contribution in [0.25, 0.3) is 0 Å². The Labute approximate surface area is 373 Å². The molecule has 362 valence electrons. The maximum Gasteiger partial charge on any atom is 0.328 e. The molecule has 7 amide bonds. The van der Waals surface area contributed by atoms with E-state index in [0.29, 0.717) is 51.6 Å². The molecule has 23 nitrogen and oxygen atoms in total. The zero-order valence-electron chi connectivity index (χ0n) is 36.9. The van der Waals surface area contributed by atoms with Crippen molar-refractivity contribution in [2.24, 2.45) is 29.0 Å². The molecule has 0 aliphatic rings. The van der Waals surface area contributed by atoms with E-state index in [9.17, 15) is 63.6 Å². The molecule has 0 aromatic carbocycles. The van der Waals surface area contributed by atoms with Crippen LogP contribution in [0.3, 0.4) is 0 Å². The van der Waals surface area contributed by atoms with Crippen LogP contribution in [-0.2, 0) is 43.2 Å². The number of hydrogen-bond donors (Lipinski definition) is 15. The summed E-state index contributed by atoms with van der Waals surface area (Å²) < 4.78 is 0. The molecule has 0 aromatic heterocycles. The fourth-order valence-corrected chi connectivity index (χ4v) is 6.24. The highest BCUT2D eigenvalue weighted by Gasteiger charge is 2.36. The smallest absolute Gasteiger partial charge is 0.328 e. The summed E-state index contributed by atoms with van der Waals surface area (Å²) in [6.07, 6.45) is 0.151. The highest BCUT2D eigenvalue weighted by atomic mass is 32.1. The van der Waals surface area contributed by atoms with Gasteiger partial charge >= 0.3 is 11.9 Å². The topological polar surface area (TPSA) is 397 Å². The molecule has 0 radical (unpaired) electrons. The lowest BCUT2D eigenvalue weighted by Gasteiger charge is -2.30. The van der Waals surface area contributed by atoms with Crippen molar-refractivity contribution in [1.29, 1.82) is 0 Å². The van der Waals surface area contributed by atoms with Gasteiger partial charge in [-0.2, -0.15) is 12.6 Å². The number of rotatable bonds is 33. The second-order valence-corrected chi connectivity index (χ2v) is 16.2. The third-order valence-electron chi connectivity index (χ3n) is 9.97. The van der Waals surface area contributed by atoms with Crippen molar-refractivity contribution >= 4 is 65.9 Å². The standard InChI is InChI=1S/C39H72N10O13S/c1-6-21(4)30(37(59)47-28(19-63)36(58)46-27(18-50)39(61)62)48-35(57)26(17-20(2)3)45-38(60)31(22(5)51)49-34(56)25(13-14-29(52)53)44-33(55)24(12-8-10-16-41)43-32(54)23(42)11-7-9-15-40/h20-28,30-31,50-51,63H,6-19,40-42H2,1-5H3,(H,43,54)(H,44,55)(H,45,60)(H,46,58)(H,47,59)(H,48,57)(H,49,56)(H,52,53)(H,61,62)/t21-,22+,23-,24-,25-,26-,27-,28-,30-,31-/m0/s1. The first-order chi connectivity index (χ1) is 29.6. The molecule has 0 saturated heterocycles. The predicted octanol–water partition coefficient (Wildman–Crippen LogP) is -3.69. The molecule has 0 rings (SSSR count). The van der Waals surface area contributed by atoms with Gasteiger partial charge in [0.1, 0.15) is 42.3 Å². The summed E-state index contributed by atoms with van der Waals surface area (Å²) in [5, 5.41) is 55.6. The van der Waals surface area contributed by atoms with Gasteiger partial charge in [0.2, 0.25) is 41.4 Å². The molecule has 24 heteroatoms.